The van der Waals surface area contributed by atoms with Crippen LogP contribution in [0.2, 0.25) is 5.15 Å². The Morgan fingerprint density at radius 1 is 0.561 bits per heavy atom. The molecule has 3 aliphatic heterocycles. The molecule has 3 aliphatic rings. The highest BCUT2D eigenvalue weighted by molar-refractivity contribution is 7.92. The quantitative estimate of drug-likeness (QED) is 0.0737. The molecule has 28 heteroatoms. The summed E-state index contributed by atoms with van der Waals surface area (Å²) in [7, 11) is -2.49. The number of benzene rings is 6. The van der Waals surface area contributed by atoms with Gasteiger partial charge in [-0.05, 0) is 149 Å². The number of nitrogens with one attached hydrogen (secondary N) is 2. The fraction of sp³-hybridized carbons (Fsp3) is 0.200. The summed E-state index contributed by atoms with van der Waals surface area (Å²) in [5.74, 6) is -0.769. The van der Waals surface area contributed by atoms with E-state index in [1.165, 1.54) is 94.9 Å². The van der Waals surface area contributed by atoms with Gasteiger partial charge in [-0.1, -0.05) is 23.7 Å². The first-order chi connectivity index (χ1) is 46.4. The molecule has 1 fully saturated rings. The number of aromatic nitrogens is 4. The largest absolute Gasteiger partial charge is 0.497 e. The van der Waals surface area contributed by atoms with Crippen molar-refractivity contribution in [3.05, 3.63) is 185 Å². The highest BCUT2D eigenvalue weighted by Crippen LogP contribution is 2.46. The Kier molecular flexibility index (Phi) is 16.8. The molecule has 1 saturated heterocycles. The van der Waals surface area contributed by atoms with Crippen molar-refractivity contribution in [1.29, 1.82) is 0 Å². The van der Waals surface area contributed by atoms with Gasteiger partial charge in [-0.2, -0.15) is 0 Å². The average molecular weight is 1390 g/mol. The minimum atomic E-state index is -3.75. The molecule has 0 unspecified atom stereocenters. The molecule has 15 rings (SSSR count). The van der Waals surface area contributed by atoms with Crippen molar-refractivity contribution in [2.45, 2.75) is 52.4 Å². The number of hydrogen-bond donors (Lipinski definition) is 2. The number of anilines is 2. The number of sulfonamides is 2. The zero-order chi connectivity index (χ0) is 69.8. The Bertz CT molecular complexity index is 5490. The lowest BCUT2D eigenvalue weighted by atomic mass is 9.77. The van der Waals surface area contributed by atoms with Crippen molar-refractivity contribution >= 4 is 111 Å². The van der Waals surface area contributed by atoms with Gasteiger partial charge < -0.3 is 47.4 Å². The number of pyridine rings is 2. The summed E-state index contributed by atoms with van der Waals surface area (Å²) in [6.45, 7) is 8.09. The molecule has 2 N–H and O–H groups in total. The number of carbonyl (C=O) groups excluding carboxylic acids is 2. The third-order valence-electron chi connectivity index (χ3n) is 17.9. The van der Waals surface area contributed by atoms with Crippen LogP contribution >= 0.6 is 11.6 Å². The van der Waals surface area contributed by atoms with E-state index in [-0.39, 0.29) is 57.9 Å². The van der Waals surface area contributed by atoms with E-state index in [1.54, 1.807) is 72.8 Å². The monoisotopic (exact) mass is 1390 g/mol. The van der Waals surface area contributed by atoms with E-state index in [0.29, 0.717) is 101 Å². The van der Waals surface area contributed by atoms with Gasteiger partial charge in [-0.3, -0.25) is 18.2 Å². The summed E-state index contributed by atoms with van der Waals surface area (Å²) in [5.41, 5.74) is 6.32. The van der Waals surface area contributed by atoms with Crippen LogP contribution in [0.4, 0.5) is 28.9 Å². The molecule has 0 atom stereocenters. The van der Waals surface area contributed by atoms with Crippen molar-refractivity contribution in [1.82, 2.24) is 29.7 Å². The van der Waals surface area contributed by atoms with Crippen molar-refractivity contribution in [3.63, 3.8) is 0 Å². The lowest BCUT2D eigenvalue weighted by molar-refractivity contribution is 0.00578. The van der Waals surface area contributed by atoms with E-state index in [2.05, 4.69) is 15.6 Å². The molecule has 6 aromatic heterocycles. The normalized spacial score (nSPS) is 14.3. The molecule has 2 amide bonds. The third-order valence-corrected chi connectivity index (χ3v) is 20.5. The number of rotatable bonds is 10. The second-order valence-electron chi connectivity index (χ2n) is 24.4. The summed E-state index contributed by atoms with van der Waals surface area (Å²) in [4.78, 5) is 35.3. The molecule has 0 saturated carbocycles. The van der Waals surface area contributed by atoms with Crippen molar-refractivity contribution in [3.8, 4) is 68.2 Å². The summed E-state index contributed by atoms with van der Waals surface area (Å²) in [6, 6.07) is 37.7. The minimum absolute atomic E-state index is 0.168. The molecular formula is C70H60BClF4N8O12S2. The zero-order valence-corrected chi connectivity index (χ0v) is 56.5. The maximum Gasteiger partial charge on any atom is 0.497 e. The van der Waals surface area contributed by atoms with Gasteiger partial charge in [0.05, 0.1) is 74.3 Å². The molecule has 20 nitrogen and oxygen atoms in total. The molecule has 0 spiro atoms. The molecule has 98 heavy (non-hydrogen) atoms. The number of furan rings is 2. The highest BCUT2D eigenvalue weighted by Gasteiger charge is 2.53. The van der Waals surface area contributed by atoms with Crippen LogP contribution < -0.4 is 34.2 Å². The lowest BCUT2D eigenvalue weighted by Crippen LogP contribution is -2.41. The minimum Gasteiger partial charge on any atom is -0.470 e. The van der Waals surface area contributed by atoms with E-state index < -0.39 is 61.8 Å². The van der Waals surface area contributed by atoms with Crippen molar-refractivity contribution < 1.29 is 71.6 Å². The Labute approximate surface area is 564 Å². The van der Waals surface area contributed by atoms with Crippen LogP contribution in [-0.4, -0.2) is 107 Å². The predicted octanol–water partition coefficient (Wildman–Crippen LogP) is 13.3. The third kappa shape index (κ3) is 11.8. The number of ether oxygens (including phenoxy) is 2. The maximum atomic E-state index is 14.7. The second-order valence-corrected chi connectivity index (χ2v) is 28.9. The van der Waals surface area contributed by atoms with Gasteiger partial charge >= 0.3 is 7.12 Å². The molecule has 9 heterocycles. The number of carbonyl (C=O) groups is 2. The lowest BCUT2D eigenvalue weighted by Gasteiger charge is -2.32. The van der Waals surface area contributed by atoms with Gasteiger partial charge in [-0.25, -0.2) is 44.4 Å². The molecule has 502 valence electrons. The number of nitrogens with zero attached hydrogens (tertiary/aromatic N) is 6. The fourth-order valence-corrected chi connectivity index (χ4v) is 13.1. The molecular weight excluding hydrogens is 1330 g/mol. The first-order valence-electron chi connectivity index (χ1n) is 30.4. The molecule has 6 aromatic carbocycles. The first kappa shape index (κ1) is 66.4. The van der Waals surface area contributed by atoms with E-state index in [4.69, 9.17) is 44.2 Å². The SMILES string of the molecule is CNC(=O)c1c(-c2ccc(F)cc2)oc2cc(N(C)S(C)(=O)=O)c(-c3ccc4c(n3)-c3cc5c(F)cccc5n3CO4)cc12.CNC(=O)c1c(-c2ccc(F)cc2)oc2cc(N(C)S(C)(=O)=O)c(B3OC(C)(C)C(C)(C)O3)cc12.Fc1cccc2c1cc1n2COc2ccc(Cl)nc2-1. The van der Waals surface area contributed by atoms with Gasteiger partial charge in [0.1, 0.15) is 74.0 Å². The van der Waals surface area contributed by atoms with Gasteiger partial charge in [0.2, 0.25) is 20.0 Å². The van der Waals surface area contributed by atoms with E-state index in [9.17, 15) is 44.0 Å². The highest BCUT2D eigenvalue weighted by atomic mass is 35.5. The number of hydrogen-bond acceptors (Lipinski definition) is 14. The molecule has 12 aromatic rings. The fourth-order valence-electron chi connectivity index (χ4n) is 11.9. The number of amides is 2. The van der Waals surface area contributed by atoms with E-state index in [1.807, 2.05) is 42.9 Å². The van der Waals surface area contributed by atoms with E-state index >= 15 is 0 Å². The average Bonchev–Trinajstić information content (AvgIpc) is 1.57. The summed E-state index contributed by atoms with van der Waals surface area (Å²) >= 11 is 5.92. The van der Waals surface area contributed by atoms with Crippen LogP contribution in [0.1, 0.15) is 48.4 Å². The summed E-state index contributed by atoms with van der Waals surface area (Å²) < 4.78 is 148. The predicted molar refractivity (Wildman–Crippen MR) is 368 cm³/mol. The van der Waals surface area contributed by atoms with Gasteiger partial charge in [0.15, 0.2) is 13.5 Å². The smallest absolute Gasteiger partial charge is 0.470 e. The van der Waals surface area contributed by atoms with Crippen LogP contribution in [0.25, 0.3) is 100 Å². The number of halogens is 5. The van der Waals surface area contributed by atoms with Crippen molar-refractivity contribution in [2.75, 3.05) is 49.3 Å². The topological polar surface area (TPSA) is 232 Å². The van der Waals surface area contributed by atoms with Crippen LogP contribution in [-0.2, 0) is 42.8 Å². The van der Waals surface area contributed by atoms with Crippen LogP contribution in [0.15, 0.2) is 154 Å². The summed E-state index contributed by atoms with van der Waals surface area (Å²) in [6.07, 6.45) is 2.16. The summed E-state index contributed by atoms with van der Waals surface area (Å²) in [5, 5.41) is 7.46. The Balaban J connectivity index is 0.000000142. The first-order valence-corrected chi connectivity index (χ1v) is 34.4. The van der Waals surface area contributed by atoms with Crippen molar-refractivity contribution in [2.24, 2.45) is 0 Å². The van der Waals surface area contributed by atoms with E-state index in [0.717, 1.165) is 32.3 Å². The Hall–Kier alpha value is -10.2. The van der Waals surface area contributed by atoms with Gasteiger partial charge in [0, 0.05) is 84.0 Å². The van der Waals surface area contributed by atoms with Crippen LogP contribution in [0.5, 0.6) is 11.5 Å². The zero-order valence-electron chi connectivity index (χ0n) is 54.1. The van der Waals surface area contributed by atoms with Crippen LogP contribution in [0.3, 0.4) is 0 Å². The number of fused-ring (bicyclic) bond motifs is 12. The molecule has 0 radical (unpaired) electrons. The Morgan fingerprint density at radius 2 is 1.00 bits per heavy atom. The molecule has 0 aliphatic carbocycles. The van der Waals surface area contributed by atoms with Gasteiger partial charge in [0.25, 0.3) is 11.8 Å². The van der Waals surface area contributed by atoms with Crippen LogP contribution in [0, 0.1) is 23.3 Å². The van der Waals surface area contributed by atoms with Gasteiger partial charge in [-0.15, -0.1) is 0 Å². The molecule has 0 bridgehead atoms. The standard InChI is InChI=1S/C32H24F2N4O5S.C24H28BFN2O6S.C14H8ClFN2O/c1-35-32(39)29-21-13-20(25(37(2)44(3,40)41)15-28(21)43-31(29)17-7-9-18(33)10-8-17)23-11-12-27-30(36-23)26-14-19-22(34)5-4-6-24(19)38(26)16-42-27;1-23(2)24(3,4)34-25(33-23)17-12-16-19(13-18(17)28(6)35(7,30)31)32-21(20(16)22(29)27-5)14-8-10-15(26)11-9-14;15-13-5-4-12-14(17-13)11-6-8-9(16)2-1-3-10(8)18(11)7-19-12/h4-15H,16H2,1-3H3,(H,35,39);8-13H,1-7H3,(H,27,29);1-6H,7H2. The maximum absolute atomic E-state index is 14.7. The second kappa shape index (κ2) is 24.7. The Morgan fingerprint density at radius 3 is 1.47 bits per heavy atom.